The van der Waals surface area contributed by atoms with Gasteiger partial charge in [-0.3, -0.25) is 57.5 Å². The van der Waals surface area contributed by atoms with Crippen LogP contribution in [0.25, 0.3) is 10.9 Å². The number of aliphatic hydroxyl groups excluding tert-OH is 3. The Kier molecular flexibility index (Phi) is 36.9. The van der Waals surface area contributed by atoms with Crippen molar-refractivity contribution in [2.24, 2.45) is 17.2 Å². The number of H-pyrrole nitrogens is 1. The summed E-state index contributed by atoms with van der Waals surface area (Å²) in [7, 11) is 3.12. The van der Waals surface area contributed by atoms with Gasteiger partial charge in [0.15, 0.2) is 0 Å². The van der Waals surface area contributed by atoms with Gasteiger partial charge in [-0.25, -0.2) is 0 Å². The smallest absolute Gasteiger partial charge is 0.245 e. The number of aromatic nitrogens is 1. The number of aromatic hydroxyl groups is 1. The van der Waals surface area contributed by atoms with Crippen molar-refractivity contribution in [3.63, 3.8) is 0 Å². The number of likely N-dealkylation sites (N-methyl/N-ethyl adjacent to an activating group) is 1. The quantitative estimate of drug-likeness (QED) is 0.0210. The minimum absolute atomic E-state index is 0.0121. The van der Waals surface area contributed by atoms with Crippen molar-refractivity contribution in [1.29, 1.82) is 0 Å². The molecule has 35 heteroatoms. The number of carbonyl (C=O) groups excluding carboxylic acids is 12. The average Bonchev–Trinajstić information content (AvgIpc) is 1.80. The molecule has 1 aromatic heterocycles. The van der Waals surface area contributed by atoms with Crippen LogP contribution in [0.3, 0.4) is 0 Å². The Hall–Kier alpha value is -10.5. The fraction of sp³-hybridized carbons (Fsp3) is 0.405. The standard InChI is InChI=1S/C84H107IN16O16S2/c1-47(2)89-42-54-30-28-53(29-31-54)40-69-81(114)100-72(49(4)104)82(115)94-64(39-52-23-13-8-14-24-52)78(111)99-71(48(3)103)83(116)96-66(44-102)79(112)97-67(73(88)106)45-118-119-46-68(98-74(107)59(87)36-55-32-33-70(105)58(85)35-55)80(113)91-61(27-17-18-34-86)75(108)92-62(37-50-19-9-6-10-20-50)76(109)93-63(38-51-21-11-7-12-22-51)77(110)95-65(84(117)101(69)5)41-56-43-90-60-26-16-15-25-57(56)60/h6-16,19-26,28-33,35,43,47-49,59,61-69,71-72,89-90,102-105H,17-18,27,34,36-42,44-46,86-87H2,1-5H3,(H2,88,106)(H,91,113)(H,92,108)(H,93,109)(H,94,115)(H,95,110)(H,96,116)(H,97,112)(H,98,107)(H,99,111)(H,100,114)/t48-,49-,59+,61+,62+,63+,64+,65-,66+,67+,68+,69+,71+,72-/m1/s1. The number of phenols is 1. The van der Waals surface area contributed by atoms with Crippen molar-refractivity contribution < 1.29 is 78.0 Å². The zero-order chi connectivity index (χ0) is 86.4. The van der Waals surface area contributed by atoms with Gasteiger partial charge in [0, 0.05) is 80.3 Å². The van der Waals surface area contributed by atoms with Crippen LogP contribution in [0.2, 0.25) is 0 Å². The molecule has 7 aromatic rings. The van der Waals surface area contributed by atoms with Gasteiger partial charge in [0.2, 0.25) is 70.9 Å². The van der Waals surface area contributed by atoms with Gasteiger partial charge in [0.25, 0.3) is 0 Å². The van der Waals surface area contributed by atoms with Gasteiger partial charge in [0.05, 0.1) is 28.4 Å². The Bertz CT molecular complexity index is 4590. The number of nitrogens with zero attached hydrogens (tertiary/aromatic N) is 1. The summed E-state index contributed by atoms with van der Waals surface area (Å²) >= 11 is 1.91. The molecule has 8 rings (SSSR count). The number of unbranched alkanes of at least 4 members (excludes halogenated alkanes) is 1. The molecule has 22 N–H and O–H groups in total. The van der Waals surface area contributed by atoms with Crippen molar-refractivity contribution in [2.75, 3.05) is 31.7 Å². The van der Waals surface area contributed by atoms with E-state index in [-0.39, 0.29) is 81.2 Å². The van der Waals surface area contributed by atoms with Crippen LogP contribution in [0.5, 0.6) is 5.75 Å². The lowest BCUT2D eigenvalue weighted by atomic mass is 9.98. The summed E-state index contributed by atoms with van der Waals surface area (Å²) in [5, 5.41) is 74.0. The number of benzene rings is 6. The fourth-order valence-corrected chi connectivity index (χ4v) is 16.0. The predicted octanol–water partition coefficient (Wildman–Crippen LogP) is 0.498. The Balaban J connectivity index is 1.24. The molecule has 1 saturated heterocycles. The number of aromatic amines is 1. The Morgan fingerprint density at radius 3 is 1.52 bits per heavy atom. The molecule has 0 aliphatic carbocycles. The first-order chi connectivity index (χ1) is 56.9. The second-order valence-corrected chi connectivity index (χ2v) is 33.3. The van der Waals surface area contributed by atoms with Gasteiger partial charge in [-0.15, -0.1) is 0 Å². The SMILES string of the molecule is CC(C)NCc1ccc(C[C@H]2C(=O)N[C@H]([C@@H](C)O)C(=O)N[C@@H](Cc3ccccc3)C(=O)N[C@@H]([C@@H](C)O)C(=O)N[C@@H](CO)C(=O)N[C@H](C(N)=O)CSSC[C@H](NC(=O)[C@@H](N)Cc3ccc(O)c(I)c3)C(=O)N[C@@H](CCCCN)C(=O)N[C@@H](Cc3ccccc3)C(=O)N[C@@H](Cc3ccccc3)C(=O)N[C@H](Cc3c[nH]c4ccccc34)C(=O)N2C)cc1. The number of aliphatic hydroxyl groups is 3. The Morgan fingerprint density at radius 1 is 0.529 bits per heavy atom. The fourth-order valence-electron chi connectivity index (χ4n) is 13.1. The van der Waals surface area contributed by atoms with Crippen LogP contribution in [-0.2, 0) is 103 Å². The van der Waals surface area contributed by atoms with E-state index >= 15 is 28.8 Å². The number of nitrogens with one attached hydrogen (secondary N) is 12. The molecule has 0 unspecified atom stereocenters. The van der Waals surface area contributed by atoms with Crippen LogP contribution < -0.4 is 75.7 Å². The molecule has 1 aliphatic rings. The first-order valence-electron chi connectivity index (χ1n) is 39.1. The first-order valence-corrected chi connectivity index (χ1v) is 42.7. The summed E-state index contributed by atoms with van der Waals surface area (Å²) in [5.41, 5.74) is 23.0. The van der Waals surface area contributed by atoms with E-state index < -0.39 is 162 Å². The molecule has 6 aromatic carbocycles. The number of phenolic OH excluding ortho intramolecular Hbond substituents is 1. The number of fused-ring (bicyclic) bond motifs is 1. The van der Waals surface area contributed by atoms with Crippen LogP contribution in [0.15, 0.2) is 164 Å². The lowest BCUT2D eigenvalue weighted by Crippen LogP contribution is -2.63. The summed E-state index contributed by atoms with van der Waals surface area (Å²) in [4.78, 5) is 183. The summed E-state index contributed by atoms with van der Waals surface area (Å²) in [5.74, 6) is -12.7. The molecule has 1 aliphatic heterocycles. The molecule has 2 heterocycles. The zero-order valence-corrected chi connectivity index (χ0v) is 70.5. The maximum atomic E-state index is 16.0. The van der Waals surface area contributed by atoms with Crippen LogP contribution >= 0.6 is 44.2 Å². The number of hydrogen-bond acceptors (Lipinski definition) is 21. The molecule has 0 saturated carbocycles. The lowest BCUT2D eigenvalue weighted by Gasteiger charge is -2.33. The molecule has 14 atom stereocenters. The van der Waals surface area contributed by atoms with Crippen LogP contribution in [-0.4, -0.2) is 224 Å². The van der Waals surface area contributed by atoms with Gasteiger partial charge < -0.3 is 106 Å². The van der Waals surface area contributed by atoms with E-state index in [1.165, 1.54) is 20.0 Å². The molecule has 638 valence electrons. The van der Waals surface area contributed by atoms with Crippen LogP contribution in [0, 0.1) is 3.57 Å². The topological polar surface area (TPSA) is 515 Å². The highest BCUT2D eigenvalue weighted by atomic mass is 127. The minimum Gasteiger partial charge on any atom is -0.507 e. The third-order valence-electron chi connectivity index (χ3n) is 19.9. The van der Waals surface area contributed by atoms with Crippen molar-refractivity contribution in [3.8, 4) is 5.75 Å². The van der Waals surface area contributed by atoms with E-state index in [1.807, 2.05) is 60.7 Å². The first kappa shape index (κ1) is 94.0. The lowest BCUT2D eigenvalue weighted by molar-refractivity contribution is -0.143. The normalized spacial score (nSPS) is 22.7. The highest BCUT2D eigenvalue weighted by Gasteiger charge is 2.41. The van der Waals surface area contributed by atoms with Crippen molar-refractivity contribution in [2.45, 2.75) is 183 Å². The second-order valence-electron chi connectivity index (χ2n) is 29.6. The van der Waals surface area contributed by atoms with Gasteiger partial charge >= 0.3 is 0 Å². The average molecular weight is 1790 g/mol. The zero-order valence-electron chi connectivity index (χ0n) is 66.7. The number of para-hydroxylation sites is 1. The minimum atomic E-state index is -1.94. The van der Waals surface area contributed by atoms with E-state index in [0.29, 0.717) is 60.8 Å². The Labute approximate surface area is 711 Å². The number of primary amides is 1. The number of amides is 12. The number of halogens is 1. The van der Waals surface area contributed by atoms with Gasteiger partial charge in [0.1, 0.15) is 72.2 Å². The van der Waals surface area contributed by atoms with E-state index in [9.17, 15) is 49.2 Å². The van der Waals surface area contributed by atoms with E-state index in [4.69, 9.17) is 17.2 Å². The van der Waals surface area contributed by atoms with Crippen molar-refractivity contribution in [1.82, 2.24) is 68.4 Å². The highest BCUT2D eigenvalue weighted by Crippen LogP contribution is 2.26. The molecule has 1 fully saturated rings. The molecule has 0 radical (unpaired) electrons. The molecular formula is C84H107IN16O16S2. The third-order valence-corrected chi connectivity index (χ3v) is 23.2. The number of rotatable bonds is 25. The predicted molar refractivity (Wildman–Crippen MR) is 460 cm³/mol. The van der Waals surface area contributed by atoms with Crippen LogP contribution in [0.1, 0.15) is 85.9 Å². The van der Waals surface area contributed by atoms with E-state index in [0.717, 1.165) is 39.0 Å². The molecule has 0 bridgehead atoms. The molecule has 0 spiro atoms. The van der Waals surface area contributed by atoms with Gasteiger partial charge in [-0.1, -0.05) is 175 Å². The Morgan fingerprint density at radius 2 is 0.992 bits per heavy atom. The van der Waals surface area contributed by atoms with Crippen molar-refractivity contribution >= 4 is 126 Å². The molecule has 32 nitrogen and oxygen atoms in total. The van der Waals surface area contributed by atoms with Crippen LogP contribution in [0.4, 0.5) is 0 Å². The number of carbonyl (C=O) groups is 12. The summed E-state index contributed by atoms with van der Waals surface area (Å²) in [6, 6.07) is 25.1. The van der Waals surface area contributed by atoms with E-state index in [1.54, 1.807) is 134 Å². The second kappa shape index (κ2) is 46.7. The summed E-state index contributed by atoms with van der Waals surface area (Å²) in [6.07, 6.45) is -2.53. The van der Waals surface area contributed by atoms with Gasteiger partial charge in [-0.2, -0.15) is 0 Å². The summed E-state index contributed by atoms with van der Waals surface area (Å²) in [6.45, 7) is 5.84. The van der Waals surface area contributed by atoms with Crippen molar-refractivity contribution in [3.05, 3.63) is 206 Å². The molecule has 119 heavy (non-hydrogen) atoms. The molecule has 12 amide bonds. The largest absolute Gasteiger partial charge is 0.507 e. The number of nitrogens with two attached hydrogens (primary N) is 3. The third kappa shape index (κ3) is 28.9. The maximum Gasteiger partial charge on any atom is 0.245 e. The number of hydrogen-bond donors (Lipinski definition) is 19. The summed E-state index contributed by atoms with van der Waals surface area (Å²) < 4.78 is 0.470. The molecular weight excluding hydrogens is 1680 g/mol. The maximum absolute atomic E-state index is 16.0. The monoisotopic (exact) mass is 1790 g/mol. The van der Waals surface area contributed by atoms with Gasteiger partial charge in [-0.05, 0) is 126 Å². The highest BCUT2D eigenvalue weighted by molar-refractivity contribution is 14.1. The van der Waals surface area contributed by atoms with E-state index in [2.05, 4.69) is 63.5 Å².